The number of rotatable bonds is 10. The molecule has 8 nitrogen and oxygen atoms in total. The molecule has 1 heterocycles. The molecule has 192 valence electrons. The number of carbonyl (C=O) groups excluding carboxylic acids is 2. The Bertz CT molecular complexity index is 1240. The third kappa shape index (κ3) is 7.33. The van der Waals surface area contributed by atoms with E-state index >= 15 is 0 Å². The topological polar surface area (TPSA) is 98.1 Å². The van der Waals surface area contributed by atoms with Gasteiger partial charge in [0.2, 0.25) is 5.91 Å². The molecule has 2 aromatic carbocycles. The molecule has 0 saturated carbocycles. The second-order valence-electron chi connectivity index (χ2n) is 8.97. The number of hydrogen-bond donors (Lipinski definition) is 2. The van der Waals surface area contributed by atoms with Crippen LogP contribution < -0.4 is 15.4 Å². The van der Waals surface area contributed by atoms with Crippen molar-refractivity contribution in [1.82, 2.24) is 20.1 Å². The average molecular weight is 575 g/mol. The van der Waals surface area contributed by atoms with Crippen LogP contribution in [0.15, 0.2) is 40.0 Å². The number of amides is 2. The maximum absolute atomic E-state index is 12.5. The van der Waals surface area contributed by atoms with Crippen LogP contribution in [0.4, 0.5) is 5.69 Å². The predicted octanol–water partition coefficient (Wildman–Crippen LogP) is 5.05. The second-order valence-corrected chi connectivity index (χ2v) is 10.8. The van der Waals surface area contributed by atoms with Gasteiger partial charge in [-0.3, -0.25) is 9.59 Å². The summed E-state index contributed by atoms with van der Waals surface area (Å²) in [4.78, 5) is 24.9. The number of benzene rings is 2. The van der Waals surface area contributed by atoms with E-state index in [2.05, 4.69) is 50.6 Å². The van der Waals surface area contributed by atoms with Gasteiger partial charge >= 0.3 is 0 Å². The Labute approximate surface area is 224 Å². The summed E-state index contributed by atoms with van der Waals surface area (Å²) < 4.78 is 8.54. The number of aromatic nitrogens is 3. The number of halogens is 1. The van der Waals surface area contributed by atoms with Gasteiger partial charge in [0.15, 0.2) is 17.6 Å². The van der Waals surface area contributed by atoms with E-state index in [0.717, 1.165) is 38.2 Å². The fourth-order valence-electron chi connectivity index (χ4n) is 3.65. The first-order valence-corrected chi connectivity index (χ1v) is 13.4. The number of hydrogen-bond acceptors (Lipinski definition) is 6. The molecule has 0 aliphatic carbocycles. The smallest absolute Gasteiger partial charge is 0.258 e. The Morgan fingerprint density at radius 3 is 2.44 bits per heavy atom. The van der Waals surface area contributed by atoms with Crippen LogP contribution in [0.1, 0.15) is 47.8 Å². The lowest BCUT2D eigenvalue weighted by molar-refractivity contribution is -0.123. The lowest BCUT2D eigenvalue weighted by Crippen LogP contribution is -2.29. The molecular weight excluding hydrogens is 542 g/mol. The molecule has 0 unspecified atom stereocenters. The molecule has 36 heavy (non-hydrogen) atoms. The minimum Gasteiger partial charge on any atom is -0.483 e. The molecule has 0 aliphatic heterocycles. The summed E-state index contributed by atoms with van der Waals surface area (Å²) in [5, 5.41) is 14.7. The summed E-state index contributed by atoms with van der Waals surface area (Å²) in [6.45, 7) is 10.2. The quantitative estimate of drug-likeness (QED) is 0.329. The molecule has 3 aromatic rings. The molecule has 2 amide bonds. The first-order chi connectivity index (χ1) is 17.0. The number of nitrogens with one attached hydrogen (secondary N) is 2. The van der Waals surface area contributed by atoms with Crippen LogP contribution in [-0.2, 0) is 23.2 Å². The number of nitrogens with zero attached hydrogens (tertiary/aromatic N) is 3. The van der Waals surface area contributed by atoms with Crippen molar-refractivity contribution in [3.63, 3.8) is 0 Å². The average Bonchev–Trinajstić information content (AvgIpc) is 3.16. The highest BCUT2D eigenvalue weighted by molar-refractivity contribution is 9.10. The van der Waals surface area contributed by atoms with Crippen LogP contribution in [0.5, 0.6) is 5.75 Å². The molecule has 0 radical (unpaired) electrons. The van der Waals surface area contributed by atoms with Crippen LogP contribution in [-0.4, -0.2) is 38.9 Å². The van der Waals surface area contributed by atoms with E-state index in [1.807, 2.05) is 58.2 Å². The van der Waals surface area contributed by atoms with E-state index < -0.39 is 0 Å². The van der Waals surface area contributed by atoms with Gasteiger partial charge < -0.3 is 19.9 Å². The fraction of sp³-hybridized carbons (Fsp3) is 0.385. The van der Waals surface area contributed by atoms with Gasteiger partial charge in [-0.1, -0.05) is 53.7 Å². The van der Waals surface area contributed by atoms with Crippen molar-refractivity contribution < 1.29 is 14.3 Å². The SMILES string of the molecule is Cc1ccc(C(C)C)c(OCC(=O)NCc2nnc(SCC(=O)Nc3c(C)cc(Br)cc3C)n2C)c1. The van der Waals surface area contributed by atoms with Gasteiger partial charge in [-0.15, -0.1) is 10.2 Å². The van der Waals surface area contributed by atoms with Gasteiger partial charge in [0, 0.05) is 17.2 Å². The van der Waals surface area contributed by atoms with E-state index in [1.54, 1.807) is 4.57 Å². The number of ether oxygens (including phenoxy) is 1. The van der Waals surface area contributed by atoms with Gasteiger partial charge in [0.25, 0.3) is 5.91 Å². The Morgan fingerprint density at radius 1 is 1.08 bits per heavy atom. The second kappa shape index (κ2) is 12.4. The lowest BCUT2D eigenvalue weighted by atomic mass is 10.0. The van der Waals surface area contributed by atoms with Crippen molar-refractivity contribution in [2.75, 3.05) is 17.7 Å². The van der Waals surface area contributed by atoms with Crippen LogP contribution in [0.25, 0.3) is 0 Å². The largest absolute Gasteiger partial charge is 0.483 e. The predicted molar refractivity (Wildman–Crippen MR) is 147 cm³/mol. The molecular formula is C26H32BrN5O3S. The van der Waals surface area contributed by atoms with Crippen molar-refractivity contribution >= 4 is 45.2 Å². The third-order valence-corrected chi connectivity index (χ3v) is 7.09. The minimum atomic E-state index is -0.247. The summed E-state index contributed by atoms with van der Waals surface area (Å²) in [5.74, 6) is 1.43. The number of anilines is 1. The maximum Gasteiger partial charge on any atom is 0.258 e. The van der Waals surface area contributed by atoms with Crippen molar-refractivity contribution in [3.8, 4) is 5.75 Å². The van der Waals surface area contributed by atoms with Crippen LogP contribution >= 0.6 is 27.7 Å². The molecule has 0 spiro atoms. The van der Waals surface area contributed by atoms with Gasteiger partial charge in [0.05, 0.1) is 12.3 Å². The molecule has 0 atom stereocenters. The third-order valence-electron chi connectivity index (χ3n) is 5.61. The number of carbonyl (C=O) groups is 2. The van der Waals surface area contributed by atoms with E-state index in [-0.39, 0.29) is 30.7 Å². The van der Waals surface area contributed by atoms with E-state index in [4.69, 9.17) is 4.74 Å². The Morgan fingerprint density at radius 2 is 1.78 bits per heavy atom. The highest BCUT2D eigenvalue weighted by Gasteiger charge is 2.15. The Balaban J connectivity index is 1.50. The van der Waals surface area contributed by atoms with Gasteiger partial charge in [-0.2, -0.15) is 0 Å². The molecule has 1 aromatic heterocycles. The van der Waals surface area contributed by atoms with Crippen molar-refractivity contribution in [1.29, 1.82) is 0 Å². The molecule has 2 N–H and O–H groups in total. The highest BCUT2D eigenvalue weighted by Crippen LogP contribution is 2.28. The standard InChI is InChI=1S/C26H32BrN5O3S/c1-15(2)20-8-7-16(3)9-21(20)35-13-23(33)28-12-22-30-31-26(32(22)6)36-14-24(34)29-25-17(4)10-19(27)11-18(25)5/h7-11,15H,12-14H2,1-6H3,(H,28,33)(H,29,34). The fourth-order valence-corrected chi connectivity index (χ4v) is 5.07. The Hall–Kier alpha value is -2.85. The van der Waals surface area contributed by atoms with Crippen molar-refractivity contribution in [2.24, 2.45) is 7.05 Å². The molecule has 0 saturated heterocycles. The van der Waals surface area contributed by atoms with Gasteiger partial charge in [-0.05, 0) is 67.1 Å². The van der Waals surface area contributed by atoms with Crippen LogP contribution in [0.3, 0.4) is 0 Å². The number of aryl methyl sites for hydroxylation is 3. The van der Waals surface area contributed by atoms with Gasteiger partial charge in [-0.25, -0.2) is 0 Å². The summed E-state index contributed by atoms with van der Waals surface area (Å²) in [6, 6.07) is 9.96. The zero-order chi connectivity index (χ0) is 26.4. The van der Waals surface area contributed by atoms with E-state index in [0.29, 0.717) is 16.9 Å². The van der Waals surface area contributed by atoms with Crippen molar-refractivity contribution in [2.45, 2.75) is 52.2 Å². The summed E-state index contributed by atoms with van der Waals surface area (Å²) in [7, 11) is 1.81. The van der Waals surface area contributed by atoms with Crippen LogP contribution in [0, 0.1) is 20.8 Å². The molecule has 0 aliphatic rings. The van der Waals surface area contributed by atoms with E-state index in [1.165, 1.54) is 11.8 Å². The number of thioether (sulfide) groups is 1. The van der Waals surface area contributed by atoms with Crippen LogP contribution in [0.2, 0.25) is 0 Å². The zero-order valence-corrected chi connectivity index (χ0v) is 23.8. The maximum atomic E-state index is 12.5. The Kier molecular flexibility index (Phi) is 9.56. The first kappa shape index (κ1) is 27.7. The molecule has 0 fully saturated rings. The summed E-state index contributed by atoms with van der Waals surface area (Å²) in [5.41, 5.74) is 4.94. The van der Waals surface area contributed by atoms with E-state index in [9.17, 15) is 9.59 Å². The lowest BCUT2D eigenvalue weighted by Gasteiger charge is -2.14. The highest BCUT2D eigenvalue weighted by atomic mass is 79.9. The summed E-state index contributed by atoms with van der Waals surface area (Å²) in [6.07, 6.45) is 0. The van der Waals surface area contributed by atoms with Crippen molar-refractivity contribution in [3.05, 3.63) is 62.9 Å². The monoisotopic (exact) mass is 573 g/mol. The van der Waals surface area contributed by atoms with Gasteiger partial charge in [0.1, 0.15) is 5.75 Å². The zero-order valence-electron chi connectivity index (χ0n) is 21.4. The molecule has 3 rings (SSSR count). The molecule has 0 bridgehead atoms. The normalized spacial score (nSPS) is 11.0. The minimum absolute atomic E-state index is 0.0856. The molecule has 10 heteroatoms. The summed E-state index contributed by atoms with van der Waals surface area (Å²) >= 11 is 4.76. The first-order valence-electron chi connectivity index (χ1n) is 11.6.